The van der Waals surface area contributed by atoms with Crippen LogP contribution in [0, 0.1) is 0 Å². The molecule has 0 bridgehead atoms. The molecule has 0 aliphatic rings. The highest BCUT2D eigenvalue weighted by Crippen LogP contribution is 2.24. The molecule has 1 aromatic heterocycles. The minimum atomic E-state index is -0.0416. The summed E-state index contributed by atoms with van der Waals surface area (Å²) in [6, 6.07) is 9.78. The van der Waals surface area contributed by atoms with E-state index < -0.39 is 0 Å². The van der Waals surface area contributed by atoms with E-state index in [4.69, 9.17) is 22.7 Å². The summed E-state index contributed by atoms with van der Waals surface area (Å²) in [5.41, 5.74) is 6.36. The van der Waals surface area contributed by atoms with Crippen LogP contribution >= 0.6 is 12.2 Å². The third-order valence-corrected chi connectivity index (χ3v) is 2.58. The van der Waals surface area contributed by atoms with Gasteiger partial charge in [-0.05, 0) is 19.1 Å². The maximum Gasteiger partial charge on any atom is 0.145 e. The average Bonchev–Trinajstić information content (AvgIpc) is 2.28. The molecule has 2 aromatic rings. The van der Waals surface area contributed by atoms with E-state index in [0.717, 1.165) is 16.7 Å². The van der Waals surface area contributed by atoms with Gasteiger partial charge in [-0.3, -0.25) is 4.98 Å². The molecule has 2 N–H and O–H groups in total. The molecular weight excluding hydrogens is 232 g/mol. The lowest BCUT2D eigenvalue weighted by Gasteiger charge is -2.15. The van der Waals surface area contributed by atoms with Crippen LogP contribution in [0.1, 0.15) is 13.3 Å². The summed E-state index contributed by atoms with van der Waals surface area (Å²) in [5, 5.41) is 1.06. The molecule has 0 radical (unpaired) electrons. The molecule has 1 heterocycles. The van der Waals surface area contributed by atoms with Crippen molar-refractivity contribution in [1.29, 1.82) is 0 Å². The first-order valence-corrected chi connectivity index (χ1v) is 5.86. The third-order valence-electron chi connectivity index (χ3n) is 2.41. The maximum atomic E-state index is 5.81. The van der Waals surface area contributed by atoms with Crippen LogP contribution in [0.25, 0.3) is 10.9 Å². The van der Waals surface area contributed by atoms with E-state index in [1.807, 2.05) is 37.3 Å². The van der Waals surface area contributed by atoms with Gasteiger partial charge in [0.05, 0.1) is 4.99 Å². The number of pyridine rings is 1. The fraction of sp³-hybridized carbons (Fsp3) is 0.231. The summed E-state index contributed by atoms with van der Waals surface area (Å²) in [7, 11) is 0. The molecule has 0 spiro atoms. The van der Waals surface area contributed by atoms with E-state index >= 15 is 0 Å². The zero-order valence-corrected chi connectivity index (χ0v) is 10.4. The lowest BCUT2D eigenvalue weighted by atomic mass is 10.2. The minimum Gasteiger partial charge on any atom is -0.488 e. The Kier molecular flexibility index (Phi) is 3.54. The number of nitrogens with zero attached hydrogens (tertiary/aromatic N) is 1. The molecule has 3 nitrogen and oxygen atoms in total. The van der Waals surface area contributed by atoms with E-state index in [0.29, 0.717) is 11.4 Å². The van der Waals surface area contributed by atoms with Gasteiger partial charge >= 0.3 is 0 Å². The predicted octanol–water partition coefficient (Wildman–Crippen LogP) is 2.68. The van der Waals surface area contributed by atoms with Crippen LogP contribution in [0.15, 0.2) is 36.5 Å². The molecule has 4 heteroatoms. The van der Waals surface area contributed by atoms with Crippen molar-refractivity contribution in [1.82, 2.24) is 4.98 Å². The van der Waals surface area contributed by atoms with Crippen molar-refractivity contribution >= 4 is 28.1 Å². The summed E-state index contributed by atoms with van der Waals surface area (Å²) in [5.74, 6) is 0.770. The number of aromatic nitrogens is 1. The van der Waals surface area contributed by atoms with Crippen molar-refractivity contribution < 1.29 is 4.74 Å². The molecule has 17 heavy (non-hydrogen) atoms. The van der Waals surface area contributed by atoms with Gasteiger partial charge in [-0.1, -0.05) is 30.4 Å². The minimum absolute atomic E-state index is 0.0416. The fourth-order valence-electron chi connectivity index (χ4n) is 1.71. The van der Waals surface area contributed by atoms with E-state index in [1.54, 1.807) is 6.20 Å². The molecular formula is C13H14N2OS. The number of para-hydroxylation sites is 1. The first-order chi connectivity index (χ1) is 8.16. The Labute approximate surface area is 106 Å². The van der Waals surface area contributed by atoms with Gasteiger partial charge < -0.3 is 10.5 Å². The van der Waals surface area contributed by atoms with Crippen LogP contribution in [-0.4, -0.2) is 16.1 Å². The molecule has 0 fully saturated rings. The van der Waals surface area contributed by atoms with Gasteiger partial charge in [0.25, 0.3) is 0 Å². The van der Waals surface area contributed by atoms with Crippen molar-refractivity contribution in [2.45, 2.75) is 19.4 Å². The van der Waals surface area contributed by atoms with Gasteiger partial charge in [0.1, 0.15) is 17.4 Å². The Hall–Kier alpha value is -1.68. The monoisotopic (exact) mass is 246 g/mol. The molecule has 0 saturated heterocycles. The van der Waals surface area contributed by atoms with Crippen LogP contribution in [0.4, 0.5) is 0 Å². The zero-order valence-electron chi connectivity index (χ0n) is 9.59. The SMILES string of the molecule is CC(CC(N)=S)Oc1cccc2cccnc12. The summed E-state index contributed by atoms with van der Waals surface area (Å²) >= 11 is 4.87. The van der Waals surface area contributed by atoms with Gasteiger partial charge in [0, 0.05) is 18.0 Å². The highest BCUT2D eigenvalue weighted by molar-refractivity contribution is 7.80. The van der Waals surface area contributed by atoms with Crippen LogP contribution in [0.3, 0.4) is 0 Å². The first-order valence-electron chi connectivity index (χ1n) is 5.45. The Morgan fingerprint density at radius 2 is 2.18 bits per heavy atom. The van der Waals surface area contributed by atoms with Crippen LogP contribution in [0.5, 0.6) is 5.75 Å². The lowest BCUT2D eigenvalue weighted by Crippen LogP contribution is -2.20. The smallest absolute Gasteiger partial charge is 0.145 e. The second-order valence-electron chi connectivity index (χ2n) is 3.93. The quantitative estimate of drug-likeness (QED) is 0.843. The first kappa shape index (κ1) is 11.8. The van der Waals surface area contributed by atoms with Gasteiger partial charge in [-0.15, -0.1) is 0 Å². The third kappa shape index (κ3) is 2.91. The lowest BCUT2D eigenvalue weighted by molar-refractivity contribution is 0.233. The molecule has 1 aromatic carbocycles. The van der Waals surface area contributed by atoms with E-state index in [1.165, 1.54) is 0 Å². The summed E-state index contributed by atoms with van der Waals surface area (Å²) in [4.78, 5) is 4.79. The number of benzene rings is 1. The van der Waals surface area contributed by atoms with Gasteiger partial charge in [-0.25, -0.2) is 0 Å². The molecule has 1 atom stereocenters. The maximum absolute atomic E-state index is 5.81. The van der Waals surface area contributed by atoms with Gasteiger partial charge in [0.15, 0.2) is 0 Å². The topological polar surface area (TPSA) is 48.1 Å². The molecule has 0 aliphatic carbocycles. The van der Waals surface area contributed by atoms with Crippen molar-refractivity contribution in [3.8, 4) is 5.75 Å². The van der Waals surface area contributed by atoms with Crippen molar-refractivity contribution in [3.05, 3.63) is 36.5 Å². The Morgan fingerprint density at radius 1 is 1.41 bits per heavy atom. The van der Waals surface area contributed by atoms with Crippen LogP contribution in [0.2, 0.25) is 0 Å². The normalized spacial score (nSPS) is 12.3. The summed E-state index contributed by atoms with van der Waals surface area (Å²) < 4.78 is 5.81. The molecule has 0 aliphatic heterocycles. The van der Waals surface area contributed by atoms with E-state index in [2.05, 4.69) is 4.98 Å². The van der Waals surface area contributed by atoms with Gasteiger partial charge in [0.2, 0.25) is 0 Å². The standard InChI is InChI=1S/C13H14N2OS/c1-9(8-12(14)17)16-11-6-2-4-10-5-3-7-15-13(10)11/h2-7,9H,8H2,1H3,(H2,14,17). The summed E-state index contributed by atoms with van der Waals surface area (Å²) in [6.07, 6.45) is 2.28. The van der Waals surface area contributed by atoms with Crippen LogP contribution in [-0.2, 0) is 0 Å². The Morgan fingerprint density at radius 3 is 2.94 bits per heavy atom. The van der Waals surface area contributed by atoms with Crippen molar-refractivity contribution in [2.24, 2.45) is 5.73 Å². The predicted molar refractivity (Wildman–Crippen MR) is 73.2 cm³/mol. The second-order valence-corrected chi connectivity index (χ2v) is 4.45. The van der Waals surface area contributed by atoms with E-state index in [9.17, 15) is 0 Å². The number of rotatable bonds is 4. The van der Waals surface area contributed by atoms with E-state index in [-0.39, 0.29) is 6.10 Å². The molecule has 2 rings (SSSR count). The molecule has 0 amide bonds. The fourth-order valence-corrected chi connectivity index (χ4v) is 1.95. The highest BCUT2D eigenvalue weighted by atomic mass is 32.1. The van der Waals surface area contributed by atoms with Crippen molar-refractivity contribution in [2.75, 3.05) is 0 Å². The number of hydrogen-bond donors (Lipinski definition) is 1. The average molecular weight is 246 g/mol. The number of nitrogens with two attached hydrogens (primary N) is 1. The largest absolute Gasteiger partial charge is 0.488 e. The molecule has 88 valence electrons. The molecule has 0 saturated carbocycles. The zero-order chi connectivity index (χ0) is 12.3. The summed E-state index contributed by atoms with van der Waals surface area (Å²) in [6.45, 7) is 1.95. The number of ether oxygens (including phenoxy) is 1. The number of fused-ring (bicyclic) bond motifs is 1. The second kappa shape index (κ2) is 5.10. The van der Waals surface area contributed by atoms with Crippen molar-refractivity contribution in [3.63, 3.8) is 0 Å². The van der Waals surface area contributed by atoms with Gasteiger partial charge in [-0.2, -0.15) is 0 Å². The molecule has 1 unspecified atom stereocenters. The van der Waals surface area contributed by atoms with Crippen LogP contribution < -0.4 is 10.5 Å². The highest BCUT2D eigenvalue weighted by Gasteiger charge is 2.08. The Balaban J connectivity index is 2.26. The number of hydrogen-bond acceptors (Lipinski definition) is 3. The Bertz CT molecular complexity index is 536. The number of thiocarbonyl (C=S) groups is 1.